The van der Waals surface area contributed by atoms with Gasteiger partial charge in [0.25, 0.3) is 0 Å². The third-order valence-corrected chi connectivity index (χ3v) is 2.31. The van der Waals surface area contributed by atoms with Gasteiger partial charge in [0.15, 0.2) is 0 Å². The van der Waals surface area contributed by atoms with Crippen molar-refractivity contribution < 1.29 is 23.4 Å². The van der Waals surface area contributed by atoms with Crippen LogP contribution in [0.2, 0.25) is 0 Å². The Labute approximate surface area is 86.6 Å². The Balaban J connectivity index is 2.27. The minimum absolute atomic E-state index is 0.0166. The Hall–Kier alpha value is -0.750. The molecule has 0 spiro atoms. The molecule has 1 saturated heterocycles. The first-order valence-electron chi connectivity index (χ1n) is 4.89. The highest BCUT2D eigenvalue weighted by Gasteiger charge is 2.50. The Bertz CT molecular complexity index is 235. The third-order valence-electron chi connectivity index (χ3n) is 2.31. The summed E-state index contributed by atoms with van der Waals surface area (Å²) in [5, 5.41) is 11.5. The maximum Gasteiger partial charge on any atom is 0.377 e. The molecule has 0 bridgehead atoms. The number of aliphatic hydroxyl groups is 1. The Morgan fingerprint density at radius 3 is 2.87 bits per heavy atom. The number of alkyl halides is 2. The molecule has 0 aromatic heterocycles. The highest BCUT2D eigenvalue weighted by atomic mass is 19.3. The molecule has 88 valence electrons. The summed E-state index contributed by atoms with van der Waals surface area (Å²) >= 11 is 0. The van der Waals surface area contributed by atoms with E-state index < -0.39 is 24.4 Å². The van der Waals surface area contributed by atoms with Gasteiger partial charge in [0.1, 0.15) is 6.10 Å². The van der Waals surface area contributed by atoms with E-state index in [1.165, 1.54) is 0 Å². The minimum atomic E-state index is -3.34. The maximum absolute atomic E-state index is 12.7. The number of esters is 1. The predicted octanol–water partition coefficient (Wildman–Crippen LogP) is 0.298. The second-order valence-electron chi connectivity index (χ2n) is 3.76. The lowest BCUT2D eigenvalue weighted by molar-refractivity contribution is -0.159. The van der Waals surface area contributed by atoms with E-state index in [9.17, 15) is 13.6 Å². The summed E-state index contributed by atoms with van der Waals surface area (Å²) in [6, 6.07) is 0.0166. The highest BCUT2D eigenvalue weighted by Crippen LogP contribution is 2.30. The van der Waals surface area contributed by atoms with Crippen molar-refractivity contribution in [1.29, 1.82) is 0 Å². The molecule has 6 heteroatoms. The quantitative estimate of drug-likeness (QED) is 0.658. The lowest BCUT2D eigenvalue weighted by Crippen LogP contribution is -2.34. The molecule has 0 aromatic carbocycles. The summed E-state index contributed by atoms with van der Waals surface area (Å²) in [5.74, 6) is -4.78. The molecule has 0 saturated carbocycles. The first-order chi connectivity index (χ1) is 6.95. The van der Waals surface area contributed by atoms with Crippen molar-refractivity contribution in [3.05, 3.63) is 0 Å². The van der Waals surface area contributed by atoms with Gasteiger partial charge >= 0.3 is 11.9 Å². The Kier molecular flexibility index (Phi) is 3.98. The second-order valence-corrected chi connectivity index (χ2v) is 3.76. The summed E-state index contributed by atoms with van der Waals surface area (Å²) in [6.07, 6.45) is -0.796. The molecule has 0 radical (unpaired) electrons. The topological polar surface area (TPSA) is 58.6 Å². The normalized spacial score (nSPS) is 26.4. The van der Waals surface area contributed by atoms with E-state index >= 15 is 0 Å². The van der Waals surface area contributed by atoms with Crippen molar-refractivity contribution in [2.24, 2.45) is 0 Å². The third kappa shape index (κ3) is 3.39. The molecule has 0 amide bonds. The van der Waals surface area contributed by atoms with Gasteiger partial charge < -0.3 is 15.2 Å². The number of hydrogen-bond donors (Lipinski definition) is 2. The molecule has 1 fully saturated rings. The fraction of sp³-hybridized carbons (Fsp3) is 0.889. The van der Waals surface area contributed by atoms with Crippen LogP contribution >= 0.6 is 0 Å². The molecular formula is C9H15F2NO3. The predicted molar refractivity (Wildman–Crippen MR) is 48.6 cm³/mol. The highest BCUT2D eigenvalue weighted by molar-refractivity contribution is 5.79. The van der Waals surface area contributed by atoms with Crippen LogP contribution in [0.15, 0.2) is 0 Å². The van der Waals surface area contributed by atoms with Crippen LogP contribution in [-0.4, -0.2) is 42.3 Å². The number of carbonyl (C=O) groups is 1. The van der Waals surface area contributed by atoms with Crippen LogP contribution in [0.1, 0.15) is 19.8 Å². The number of rotatable bonds is 5. The molecule has 15 heavy (non-hydrogen) atoms. The number of aliphatic hydroxyl groups excluding tert-OH is 1. The second kappa shape index (κ2) is 4.85. The van der Waals surface area contributed by atoms with Gasteiger partial charge in [0, 0.05) is 19.2 Å². The van der Waals surface area contributed by atoms with Crippen molar-refractivity contribution in [2.75, 3.05) is 13.2 Å². The number of cyclic esters (lactones) is 1. The lowest BCUT2D eigenvalue weighted by atomic mass is 10.2. The maximum atomic E-state index is 12.7. The number of carbonyl (C=O) groups excluding carboxylic acids is 1. The molecule has 1 aliphatic rings. The van der Waals surface area contributed by atoms with Crippen molar-refractivity contribution in [1.82, 2.24) is 5.32 Å². The summed E-state index contributed by atoms with van der Waals surface area (Å²) < 4.78 is 29.9. The van der Waals surface area contributed by atoms with E-state index in [0.717, 1.165) is 0 Å². The molecule has 2 unspecified atom stereocenters. The molecule has 1 heterocycles. The van der Waals surface area contributed by atoms with E-state index in [2.05, 4.69) is 10.1 Å². The van der Waals surface area contributed by atoms with Crippen LogP contribution in [0, 0.1) is 0 Å². The Morgan fingerprint density at radius 2 is 2.40 bits per heavy atom. The molecule has 0 aliphatic carbocycles. The SMILES string of the molecule is CC(CCO)NCC1CC(F)(F)C(=O)O1. The van der Waals surface area contributed by atoms with Crippen molar-refractivity contribution >= 4 is 5.97 Å². The zero-order valence-corrected chi connectivity index (χ0v) is 8.50. The smallest absolute Gasteiger partial charge is 0.377 e. The number of halogens is 2. The van der Waals surface area contributed by atoms with E-state index in [1.807, 2.05) is 6.92 Å². The van der Waals surface area contributed by atoms with Crippen LogP contribution in [-0.2, 0) is 9.53 Å². The van der Waals surface area contributed by atoms with Gasteiger partial charge in [-0.1, -0.05) is 0 Å². The van der Waals surface area contributed by atoms with Crippen LogP contribution in [0.5, 0.6) is 0 Å². The van der Waals surface area contributed by atoms with E-state index in [0.29, 0.717) is 6.42 Å². The summed E-state index contributed by atoms with van der Waals surface area (Å²) in [6.45, 7) is 2.06. The average molecular weight is 223 g/mol. The van der Waals surface area contributed by atoms with Crippen molar-refractivity contribution in [3.8, 4) is 0 Å². The molecule has 4 nitrogen and oxygen atoms in total. The van der Waals surface area contributed by atoms with Crippen LogP contribution < -0.4 is 5.32 Å². The largest absolute Gasteiger partial charge is 0.456 e. The van der Waals surface area contributed by atoms with Gasteiger partial charge in [-0.25, -0.2) is 4.79 Å². The lowest BCUT2D eigenvalue weighted by Gasteiger charge is -2.15. The monoisotopic (exact) mass is 223 g/mol. The fourth-order valence-electron chi connectivity index (χ4n) is 1.39. The van der Waals surface area contributed by atoms with Crippen molar-refractivity contribution in [2.45, 2.75) is 37.8 Å². The first kappa shape index (κ1) is 12.3. The zero-order chi connectivity index (χ0) is 11.5. The van der Waals surface area contributed by atoms with Gasteiger partial charge in [-0.2, -0.15) is 8.78 Å². The van der Waals surface area contributed by atoms with E-state index in [1.54, 1.807) is 0 Å². The van der Waals surface area contributed by atoms with Gasteiger partial charge in [0.05, 0.1) is 6.42 Å². The fourth-order valence-corrected chi connectivity index (χ4v) is 1.39. The van der Waals surface area contributed by atoms with Gasteiger partial charge in [-0.05, 0) is 13.3 Å². The van der Waals surface area contributed by atoms with E-state index in [4.69, 9.17) is 5.11 Å². The van der Waals surface area contributed by atoms with Crippen LogP contribution in [0.25, 0.3) is 0 Å². The summed E-state index contributed by atoms with van der Waals surface area (Å²) in [7, 11) is 0. The summed E-state index contributed by atoms with van der Waals surface area (Å²) in [4.78, 5) is 10.6. The zero-order valence-electron chi connectivity index (χ0n) is 8.50. The average Bonchev–Trinajstić information content (AvgIpc) is 2.38. The molecule has 2 atom stereocenters. The number of ether oxygens (including phenoxy) is 1. The standard InChI is InChI=1S/C9H15F2NO3/c1-6(2-3-13)12-5-7-4-9(10,11)8(14)15-7/h6-7,12-13H,2-5H2,1H3. The van der Waals surface area contributed by atoms with Gasteiger partial charge in [-0.15, -0.1) is 0 Å². The number of nitrogens with one attached hydrogen (secondary N) is 1. The van der Waals surface area contributed by atoms with Crippen LogP contribution in [0.3, 0.4) is 0 Å². The molecule has 2 N–H and O–H groups in total. The minimum Gasteiger partial charge on any atom is -0.456 e. The molecule has 1 aliphatic heterocycles. The summed E-state index contributed by atoms with van der Waals surface area (Å²) in [5.41, 5.74) is 0. The first-order valence-corrected chi connectivity index (χ1v) is 4.89. The molecule has 1 rings (SSSR count). The van der Waals surface area contributed by atoms with E-state index in [-0.39, 0.29) is 19.2 Å². The van der Waals surface area contributed by atoms with Gasteiger partial charge in [-0.3, -0.25) is 0 Å². The van der Waals surface area contributed by atoms with Gasteiger partial charge in [0.2, 0.25) is 0 Å². The number of hydrogen-bond acceptors (Lipinski definition) is 4. The molecular weight excluding hydrogens is 208 g/mol. The molecule has 0 aromatic rings. The van der Waals surface area contributed by atoms with Crippen LogP contribution in [0.4, 0.5) is 8.78 Å². The Morgan fingerprint density at radius 1 is 1.73 bits per heavy atom. The van der Waals surface area contributed by atoms with Crippen molar-refractivity contribution in [3.63, 3.8) is 0 Å².